The third kappa shape index (κ3) is 4.61. The quantitative estimate of drug-likeness (QED) is 0.584. The molecule has 3 heterocycles. The third-order valence-corrected chi connectivity index (χ3v) is 6.69. The molecule has 1 saturated carbocycles. The fourth-order valence-electron chi connectivity index (χ4n) is 4.46. The van der Waals surface area contributed by atoms with Crippen LogP contribution >= 0.6 is 0 Å². The highest BCUT2D eigenvalue weighted by Crippen LogP contribution is 2.39. The van der Waals surface area contributed by atoms with Gasteiger partial charge in [-0.1, -0.05) is 30.3 Å². The molecule has 3 N–H and O–H groups in total. The number of hydrogen-bond donors (Lipinski definition) is 3. The van der Waals surface area contributed by atoms with Crippen LogP contribution < -0.4 is 5.32 Å². The molecule has 0 radical (unpaired) electrons. The minimum atomic E-state index is -1.19. The summed E-state index contributed by atoms with van der Waals surface area (Å²) in [6.45, 7) is 0.657. The molecule has 0 unspecified atom stereocenters. The first-order chi connectivity index (χ1) is 16.9. The molecule has 1 saturated heterocycles. The summed E-state index contributed by atoms with van der Waals surface area (Å²) >= 11 is 0. The van der Waals surface area contributed by atoms with E-state index in [9.17, 15) is 14.7 Å². The Hall–Kier alpha value is -3.79. The Bertz CT molecular complexity index is 1210. The van der Waals surface area contributed by atoms with E-state index in [1.807, 2.05) is 30.3 Å². The van der Waals surface area contributed by atoms with Gasteiger partial charge in [-0.25, -0.2) is 9.98 Å². The lowest BCUT2D eigenvalue weighted by atomic mass is 9.90. The second-order valence-electron chi connectivity index (χ2n) is 9.25. The number of aliphatic hydroxyl groups is 1. The fraction of sp³-hybridized carbons (Fsp3) is 0.400. The summed E-state index contributed by atoms with van der Waals surface area (Å²) in [5.41, 5.74) is 0.229. The predicted octanol–water partition coefficient (Wildman–Crippen LogP) is 2.00. The number of aromatic nitrogens is 1. The van der Waals surface area contributed by atoms with E-state index in [4.69, 9.17) is 9.83 Å². The van der Waals surface area contributed by atoms with E-state index in [0.29, 0.717) is 43.4 Å². The Morgan fingerprint density at radius 2 is 1.97 bits per heavy atom. The second-order valence-corrected chi connectivity index (χ2v) is 9.25. The zero-order chi connectivity index (χ0) is 24.6. The van der Waals surface area contributed by atoms with Crippen LogP contribution in [0.4, 0.5) is 0 Å². The smallest absolute Gasteiger partial charge is 0.291 e. The minimum absolute atomic E-state index is 0.00137. The van der Waals surface area contributed by atoms with Crippen molar-refractivity contribution in [2.24, 2.45) is 4.99 Å². The highest BCUT2D eigenvalue weighted by atomic mass is 16.4. The van der Waals surface area contributed by atoms with Crippen molar-refractivity contribution in [2.75, 3.05) is 26.7 Å². The van der Waals surface area contributed by atoms with Crippen LogP contribution in [0.1, 0.15) is 53.6 Å². The Morgan fingerprint density at radius 1 is 1.26 bits per heavy atom. The van der Waals surface area contributed by atoms with Crippen molar-refractivity contribution >= 4 is 29.6 Å². The van der Waals surface area contributed by atoms with Gasteiger partial charge in [-0.3, -0.25) is 19.9 Å². The van der Waals surface area contributed by atoms with Crippen LogP contribution in [0, 0.1) is 5.41 Å². The van der Waals surface area contributed by atoms with Crippen LogP contribution in [-0.2, 0) is 4.79 Å². The molecule has 1 aromatic carbocycles. The van der Waals surface area contributed by atoms with Gasteiger partial charge in [0.05, 0.1) is 30.4 Å². The minimum Gasteiger partial charge on any atom is -0.435 e. The largest absolute Gasteiger partial charge is 0.435 e. The summed E-state index contributed by atoms with van der Waals surface area (Å²) in [6, 6.07) is 9.39. The Kier molecular flexibility index (Phi) is 5.98. The summed E-state index contributed by atoms with van der Waals surface area (Å²) in [7, 11) is 1.72. The molecular weight excluding hydrogens is 448 g/mol. The normalized spacial score (nSPS) is 21.3. The number of aliphatic imine (C=N–C) groups is 1. The molecule has 10 nitrogen and oxygen atoms in total. The van der Waals surface area contributed by atoms with Gasteiger partial charge in [0.2, 0.25) is 5.76 Å². The Morgan fingerprint density at radius 3 is 2.63 bits per heavy atom. The van der Waals surface area contributed by atoms with Crippen molar-refractivity contribution < 1.29 is 19.1 Å². The van der Waals surface area contributed by atoms with Crippen molar-refractivity contribution in [2.45, 2.75) is 37.2 Å². The van der Waals surface area contributed by atoms with Crippen LogP contribution in [0.25, 0.3) is 5.70 Å². The number of nitrogens with zero attached hydrogens (tertiary/aromatic N) is 4. The molecule has 2 amide bonds. The SMILES string of the molecule is CN/C(=C1/N=CN(CC2(O)CCN(C(=O)c3cnc(C4CC4)o3)CC2)C(=O)C1=N)c1ccccc1. The molecule has 182 valence electrons. The molecular formula is C25H28N6O4. The van der Waals surface area contributed by atoms with Crippen LogP contribution in [0.5, 0.6) is 0 Å². The molecule has 1 aromatic heterocycles. The van der Waals surface area contributed by atoms with Crippen LogP contribution in [0.3, 0.4) is 0 Å². The summed E-state index contributed by atoms with van der Waals surface area (Å²) in [6.07, 6.45) is 5.52. The number of β-amino-alcohol motifs (C(OH)–C–C–N with tert-alkyl or cyclic N) is 1. The lowest BCUT2D eigenvalue weighted by Gasteiger charge is -2.40. The molecule has 5 rings (SSSR count). The first-order valence-electron chi connectivity index (χ1n) is 11.8. The standard InChI is InChI=1S/C25H28N6O4/c1-27-20(16-5-3-2-4-6-16)21-19(26)24(33)31(15-29-21)14-25(34)9-11-30(12-10-25)23(32)18-13-28-22(35-18)17-7-8-17/h2-6,13,15,17,26-27,34H,7-12,14H2,1H3/b21-20+,26-19?. The zero-order valence-electron chi connectivity index (χ0n) is 19.5. The zero-order valence-corrected chi connectivity index (χ0v) is 19.5. The summed E-state index contributed by atoms with van der Waals surface area (Å²) < 4.78 is 5.62. The van der Waals surface area contributed by atoms with E-state index in [-0.39, 0.29) is 29.6 Å². The van der Waals surface area contributed by atoms with Gasteiger partial charge >= 0.3 is 0 Å². The van der Waals surface area contributed by atoms with E-state index < -0.39 is 11.5 Å². The maximum atomic E-state index is 13.0. The van der Waals surface area contributed by atoms with Gasteiger partial charge in [0.1, 0.15) is 11.4 Å². The second kappa shape index (κ2) is 9.10. The molecule has 2 aliphatic heterocycles. The Labute approximate surface area is 202 Å². The van der Waals surface area contributed by atoms with E-state index in [1.165, 1.54) is 17.4 Å². The predicted molar refractivity (Wildman–Crippen MR) is 129 cm³/mol. The first-order valence-corrected chi connectivity index (χ1v) is 11.8. The number of nitrogens with one attached hydrogen (secondary N) is 2. The number of hydrogen-bond acceptors (Lipinski definition) is 8. The highest BCUT2D eigenvalue weighted by molar-refractivity contribution is 6.47. The van der Waals surface area contributed by atoms with Crippen molar-refractivity contribution in [3.63, 3.8) is 0 Å². The van der Waals surface area contributed by atoms with Crippen LogP contribution in [-0.4, -0.2) is 76.0 Å². The summed E-state index contributed by atoms with van der Waals surface area (Å²) in [5.74, 6) is 0.410. The van der Waals surface area contributed by atoms with E-state index in [2.05, 4.69) is 15.3 Å². The molecule has 2 fully saturated rings. The van der Waals surface area contributed by atoms with Crippen molar-refractivity contribution in [3.8, 4) is 0 Å². The van der Waals surface area contributed by atoms with Crippen molar-refractivity contribution in [1.82, 2.24) is 20.1 Å². The molecule has 0 atom stereocenters. The van der Waals surface area contributed by atoms with Crippen LogP contribution in [0.2, 0.25) is 0 Å². The number of benzene rings is 1. The number of likely N-dealkylation sites (tertiary alicyclic amines) is 1. The van der Waals surface area contributed by atoms with Gasteiger partial charge in [-0.2, -0.15) is 0 Å². The summed E-state index contributed by atoms with van der Waals surface area (Å²) in [5, 5.41) is 22.6. The monoisotopic (exact) mass is 476 g/mol. The number of carbonyl (C=O) groups is 2. The molecule has 0 spiro atoms. The van der Waals surface area contributed by atoms with Gasteiger partial charge in [-0.15, -0.1) is 0 Å². The van der Waals surface area contributed by atoms with Gasteiger partial charge in [-0.05, 0) is 31.2 Å². The molecule has 0 bridgehead atoms. The molecule has 1 aliphatic carbocycles. The van der Waals surface area contributed by atoms with Crippen molar-refractivity contribution in [3.05, 3.63) is 59.4 Å². The van der Waals surface area contributed by atoms with Gasteiger partial charge in [0, 0.05) is 26.1 Å². The molecule has 3 aliphatic rings. The number of carbonyl (C=O) groups excluding carboxylic acids is 2. The third-order valence-electron chi connectivity index (χ3n) is 6.69. The molecule has 10 heteroatoms. The lowest BCUT2D eigenvalue weighted by molar-refractivity contribution is -0.124. The molecule has 35 heavy (non-hydrogen) atoms. The number of amides is 2. The van der Waals surface area contributed by atoms with E-state index in [1.54, 1.807) is 11.9 Å². The first kappa shape index (κ1) is 23.0. The molecule has 2 aromatic rings. The Balaban J connectivity index is 1.24. The highest BCUT2D eigenvalue weighted by Gasteiger charge is 2.39. The lowest BCUT2D eigenvalue weighted by Crippen LogP contribution is -2.54. The fourth-order valence-corrected chi connectivity index (χ4v) is 4.46. The van der Waals surface area contributed by atoms with Gasteiger partial charge in [0.15, 0.2) is 5.89 Å². The van der Waals surface area contributed by atoms with E-state index >= 15 is 0 Å². The number of piperidine rings is 1. The number of oxazole rings is 1. The maximum Gasteiger partial charge on any atom is 0.291 e. The van der Waals surface area contributed by atoms with Crippen LogP contribution in [0.15, 0.2) is 51.6 Å². The van der Waals surface area contributed by atoms with Crippen molar-refractivity contribution in [1.29, 1.82) is 5.41 Å². The topological polar surface area (TPSA) is 135 Å². The van der Waals surface area contributed by atoms with Gasteiger partial charge in [0.25, 0.3) is 11.8 Å². The maximum absolute atomic E-state index is 13.0. The summed E-state index contributed by atoms with van der Waals surface area (Å²) in [4.78, 5) is 37.3. The van der Waals surface area contributed by atoms with E-state index in [0.717, 1.165) is 18.4 Å². The van der Waals surface area contributed by atoms with Gasteiger partial charge < -0.3 is 19.7 Å². The average molecular weight is 477 g/mol. The number of rotatable bonds is 6. The average Bonchev–Trinajstić information content (AvgIpc) is 3.61.